The van der Waals surface area contributed by atoms with E-state index in [1.807, 2.05) is 36.4 Å². The third-order valence-electron chi connectivity index (χ3n) is 7.63. The van der Waals surface area contributed by atoms with E-state index in [4.69, 9.17) is 16.3 Å². The van der Waals surface area contributed by atoms with E-state index in [2.05, 4.69) is 41.1 Å². The van der Waals surface area contributed by atoms with E-state index in [0.717, 1.165) is 56.3 Å². The van der Waals surface area contributed by atoms with Crippen LogP contribution in [-0.2, 0) is 9.53 Å². The van der Waals surface area contributed by atoms with Crippen LogP contribution in [0.25, 0.3) is 5.57 Å². The van der Waals surface area contributed by atoms with Crippen molar-refractivity contribution in [3.05, 3.63) is 70.3 Å². The number of nitrogens with one attached hydrogen (secondary N) is 1. The molecule has 0 saturated carbocycles. The summed E-state index contributed by atoms with van der Waals surface area (Å²) in [6, 6.07) is 15.3. The third kappa shape index (κ3) is 7.17. The Labute approximate surface area is 232 Å². The molecule has 0 spiro atoms. The highest BCUT2D eigenvalue weighted by Gasteiger charge is 2.29. The molecule has 1 aliphatic heterocycles. The highest BCUT2D eigenvalue weighted by atomic mass is 35.5. The van der Waals surface area contributed by atoms with E-state index in [9.17, 15) is 9.59 Å². The second-order valence-corrected chi connectivity index (χ2v) is 11.6. The number of nitrogens with zero attached hydrogens (tertiary/aromatic N) is 2. The first-order valence-corrected chi connectivity index (χ1v) is 14.0. The molecule has 1 amide bonds. The molecule has 1 aliphatic carbocycles. The molecule has 1 atom stereocenters. The topological polar surface area (TPSA) is 61.9 Å². The number of carbonyl (C=O) groups is 2. The van der Waals surface area contributed by atoms with Gasteiger partial charge in [0, 0.05) is 49.0 Å². The predicted molar refractivity (Wildman–Crippen MR) is 155 cm³/mol. The largest absolute Gasteiger partial charge is 0.464 e. The second-order valence-electron chi connectivity index (χ2n) is 11.2. The number of piperazine rings is 1. The molecule has 1 N–H and O–H groups in total. The zero-order chi connectivity index (χ0) is 27.3. The molecule has 0 bridgehead atoms. The molecule has 0 unspecified atom stereocenters. The van der Waals surface area contributed by atoms with Gasteiger partial charge in [-0.1, -0.05) is 43.2 Å². The number of amides is 1. The van der Waals surface area contributed by atoms with Gasteiger partial charge >= 0.3 is 5.97 Å². The van der Waals surface area contributed by atoms with Crippen molar-refractivity contribution in [3.8, 4) is 0 Å². The van der Waals surface area contributed by atoms with Crippen molar-refractivity contribution in [2.24, 2.45) is 5.41 Å². The lowest BCUT2D eigenvalue weighted by Crippen LogP contribution is -2.47. The normalized spacial score (nSPS) is 18.7. The molecule has 1 heterocycles. The number of ether oxygens (including phenoxy) is 1. The number of esters is 1. The number of hydrogen-bond acceptors (Lipinski definition) is 5. The van der Waals surface area contributed by atoms with Gasteiger partial charge in [0.05, 0.1) is 6.61 Å². The Kier molecular flexibility index (Phi) is 9.16. The van der Waals surface area contributed by atoms with Crippen LogP contribution < -0.4 is 10.2 Å². The molecular formula is C31H40ClN3O3. The molecule has 7 heteroatoms. The zero-order valence-electron chi connectivity index (χ0n) is 23.1. The quantitative estimate of drug-likeness (QED) is 0.431. The summed E-state index contributed by atoms with van der Waals surface area (Å²) in [5.41, 5.74) is 6.33. The first kappa shape index (κ1) is 28.2. The van der Waals surface area contributed by atoms with E-state index in [0.29, 0.717) is 17.6 Å². The molecule has 204 valence electrons. The molecule has 4 rings (SSSR count). The molecule has 38 heavy (non-hydrogen) atoms. The number of anilines is 1. The minimum absolute atomic E-state index is 0.276. The minimum atomic E-state index is -0.680. The van der Waals surface area contributed by atoms with Gasteiger partial charge in [0.2, 0.25) is 0 Å². The van der Waals surface area contributed by atoms with Crippen molar-refractivity contribution < 1.29 is 14.3 Å². The summed E-state index contributed by atoms with van der Waals surface area (Å²) in [5.74, 6) is -0.703. The SMILES string of the molecule is CCOC(=O)[C@H](C)NC(=O)c1ccc(N2CCN(CC3=C(c4ccc(Cl)cc4)CCC(C)(C)C3)CC2)cc1. The summed E-state index contributed by atoms with van der Waals surface area (Å²) in [4.78, 5) is 29.3. The fraction of sp³-hybridized carbons (Fsp3) is 0.484. The summed E-state index contributed by atoms with van der Waals surface area (Å²) < 4.78 is 4.97. The van der Waals surface area contributed by atoms with Gasteiger partial charge in [-0.2, -0.15) is 0 Å². The molecule has 2 aromatic rings. The number of carbonyl (C=O) groups excluding carboxylic acids is 2. The fourth-order valence-electron chi connectivity index (χ4n) is 5.43. The number of rotatable bonds is 8. The van der Waals surface area contributed by atoms with Crippen LogP contribution in [0.1, 0.15) is 62.9 Å². The molecular weight excluding hydrogens is 498 g/mol. The monoisotopic (exact) mass is 537 g/mol. The lowest BCUT2D eigenvalue weighted by Gasteiger charge is -2.39. The van der Waals surface area contributed by atoms with E-state index < -0.39 is 12.0 Å². The Morgan fingerprint density at radius 1 is 1.03 bits per heavy atom. The molecule has 1 saturated heterocycles. The maximum Gasteiger partial charge on any atom is 0.328 e. The van der Waals surface area contributed by atoms with Crippen LogP contribution >= 0.6 is 11.6 Å². The molecule has 2 aliphatic rings. The maximum atomic E-state index is 12.5. The van der Waals surface area contributed by atoms with Gasteiger partial charge in [0.1, 0.15) is 6.04 Å². The van der Waals surface area contributed by atoms with Gasteiger partial charge in [0.15, 0.2) is 0 Å². The van der Waals surface area contributed by atoms with Crippen molar-refractivity contribution in [2.45, 2.75) is 53.0 Å². The Hall–Kier alpha value is -2.83. The molecule has 0 radical (unpaired) electrons. The van der Waals surface area contributed by atoms with Crippen LogP contribution in [0.5, 0.6) is 0 Å². The first-order chi connectivity index (χ1) is 18.1. The number of allylic oxidation sites excluding steroid dienone is 1. The Morgan fingerprint density at radius 3 is 2.32 bits per heavy atom. The van der Waals surface area contributed by atoms with E-state index >= 15 is 0 Å². The smallest absolute Gasteiger partial charge is 0.328 e. The highest BCUT2D eigenvalue weighted by Crippen LogP contribution is 2.42. The summed E-state index contributed by atoms with van der Waals surface area (Å²) in [7, 11) is 0. The Morgan fingerprint density at radius 2 is 1.68 bits per heavy atom. The van der Waals surface area contributed by atoms with Gasteiger partial charge in [0.25, 0.3) is 5.91 Å². The molecule has 2 aromatic carbocycles. The van der Waals surface area contributed by atoms with Gasteiger partial charge < -0.3 is 15.0 Å². The van der Waals surface area contributed by atoms with E-state index in [1.165, 1.54) is 17.6 Å². The van der Waals surface area contributed by atoms with E-state index in [-0.39, 0.29) is 5.91 Å². The second kappa shape index (κ2) is 12.4. The molecule has 6 nitrogen and oxygen atoms in total. The predicted octanol–water partition coefficient (Wildman–Crippen LogP) is 5.81. The van der Waals surface area contributed by atoms with Crippen molar-refractivity contribution in [2.75, 3.05) is 44.2 Å². The van der Waals surface area contributed by atoms with Crippen molar-refractivity contribution in [3.63, 3.8) is 0 Å². The van der Waals surface area contributed by atoms with Crippen LogP contribution in [0.4, 0.5) is 5.69 Å². The highest BCUT2D eigenvalue weighted by molar-refractivity contribution is 6.30. The number of benzene rings is 2. The average Bonchev–Trinajstić information content (AvgIpc) is 2.90. The van der Waals surface area contributed by atoms with E-state index in [1.54, 1.807) is 19.4 Å². The van der Waals surface area contributed by atoms with Crippen LogP contribution in [0, 0.1) is 5.41 Å². The van der Waals surface area contributed by atoms with Gasteiger partial charge in [-0.05, 0) is 86.1 Å². The zero-order valence-corrected chi connectivity index (χ0v) is 23.8. The summed E-state index contributed by atoms with van der Waals surface area (Å²) in [6.07, 6.45) is 3.45. The van der Waals surface area contributed by atoms with Crippen molar-refractivity contribution >= 4 is 34.7 Å². The van der Waals surface area contributed by atoms with Crippen LogP contribution in [0.2, 0.25) is 5.02 Å². The lowest BCUT2D eigenvalue weighted by atomic mass is 9.73. The van der Waals surface area contributed by atoms with Crippen molar-refractivity contribution in [1.29, 1.82) is 0 Å². The number of halogens is 1. The van der Waals surface area contributed by atoms with Gasteiger partial charge in [-0.15, -0.1) is 0 Å². The summed E-state index contributed by atoms with van der Waals surface area (Å²) in [6.45, 7) is 13.3. The van der Waals surface area contributed by atoms with Gasteiger partial charge in [-0.3, -0.25) is 9.69 Å². The standard InChI is InChI=1S/C31H40ClN3O3/c1-5-38-30(37)22(2)33-29(36)24-8-12-27(13-9-24)35-18-16-34(17-19-35)21-25-20-31(3,4)15-14-28(25)23-6-10-26(32)11-7-23/h6-13,22H,5,14-21H2,1-4H3,(H,33,36)/t22-/m0/s1. The average molecular weight is 538 g/mol. The molecule has 1 fully saturated rings. The van der Waals surface area contributed by atoms with Crippen LogP contribution in [-0.4, -0.2) is 62.1 Å². The molecule has 0 aromatic heterocycles. The van der Waals surface area contributed by atoms with Crippen LogP contribution in [0.3, 0.4) is 0 Å². The summed E-state index contributed by atoms with van der Waals surface area (Å²) in [5, 5.41) is 3.48. The maximum absolute atomic E-state index is 12.5. The van der Waals surface area contributed by atoms with Crippen molar-refractivity contribution in [1.82, 2.24) is 10.2 Å². The van der Waals surface area contributed by atoms with Gasteiger partial charge in [-0.25, -0.2) is 4.79 Å². The minimum Gasteiger partial charge on any atom is -0.464 e. The fourth-order valence-corrected chi connectivity index (χ4v) is 5.55. The first-order valence-electron chi connectivity index (χ1n) is 13.7. The van der Waals surface area contributed by atoms with Crippen LogP contribution in [0.15, 0.2) is 54.1 Å². The summed E-state index contributed by atoms with van der Waals surface area (Å²) >= 11 is 6.15. The number of hydrogen-bond donors (Lipinski definition) is 1. The lowest BCUT2D eigenvalue weighted by molar-refractivity contribution is -0.144. The third-order valence-corrected chi connectivity index (χ3v) is 7.88. The Balaban J connectivity index is 1.35. The Bertz CT molecular complexity index is 1150.